The Balaban J connectivity index is 0.00000264. The molecule has 1 saturated heterocycles. The van der Waals surface area contributed by atoms with Gasteiger partial charge in [0.25, 0.3) is 5.91 Å². The van der Waals surface area contributed by atoms with Gasteiger partial charge in [-0.3, -0.25) is 9.69 Å². The zero-order valence-electron chi connectivity index (χ0n) is 13.6. The van der Waals surface area contributed by atoms with Gasteiger partial charge >= 0.3 is 0 Å². The molecule has 1 aliphatic heterocycles. The number of halogens is 1. The molecule has 0 radical (unpaired) electrons. The highest BCUT2D eigenvalue weighted by atomic mass is 35.5. The first-order valence-corrected chi connectivity index (χ1v) is 9.43. The van der Waals surface area contributed by atoms with Crippen LogP contribution in [0.2, 0.25) is 0 Å². The minimum absolute atomic E-state index is 0. The molecule has 0 bridgehead atoms. The number of hydrogen-bond acceptors (Lipinski definition) is 6. The molecule has 1 aliphatic rings. The fraction of sp³-hybridized carbons (Fsp3) is 0.714. The van der Waals surface area contributed by atoms with Crippen molar-refractivity contribution in [2.75, 3.05) is 31.6 Å². The van der Waals surface area contributed by atoms with E-state index < -0.39 is 9.84 Å². The summed E-state index contributed by atoms with van der Waals surface area (Å²) < 4.78 is 27.3. The minimum Gasteiger partial charge on any atom is -0.364 e. The van der Waals surface area contributed by atoms with Gasteiger partial charge in [0.15, 0.2) is 5.69 Å². The van der Waals surface area contributed by atoms with Crippen LogP contribution in [0.3, 0.4) is 0 Å². The Kier molecular flexibility index (Phi) is 7.03. The third-order valence-electron chi connectivity index (χ3n) is 4.06. The van der Waals surface area contributed by atoms with Crippen molar-refractivity contribution >= 4 is 28.2 Å². The van der Waals surface area contributed by atoms with E-state index in [0.29, 0.717) is 19.0 Å². The number of rotatable bonds is 6. The number of amides is 1. The molecule has 0 aromatic carbocycles. The van der Waals surface area contributed by atoms with Crippen LogP contribution >= 0.6 is 12.4 Å². The fourth-order valence-electron chi connectivity index (χ4n) is 2.79. The molecule has 0 spiro atoms. The van der Waals surface area contributed by atoms with Gasteiger partial charge < -0.3 is 9.84 Å². The predicted molar refractivity (Wildman–Crippen MR) is 89.5 cm³/mol. The zero-order chi connectivity index (χ0) is 16.3. The van der Waals surface area contributed by atoms with Crippen molar-refractivity contribution in [2.24, 2.45) is 11.8 Å². The second-order valence-corrected chi connectivity index (χ2v) is 8.52. The van der Waals surface area contributed by atoms with Crippen molar-refractivity contribution in [3.8, 4) is 0 Å². The lowest BCUT2D eigenvalue weighted by Crippen LogP contribution is -2.42. The van der Waals surface area contributed by atoms with E-state index in [2.05, 4.69) is 33.7 Å². The summed E-state index contributed by atoms with van der Waals surface area (Å²) in [6.45, 7) is 6.16. The van der Waals surface area contributed by atoms with E-state index in [4.69, 9.17) is 0 Å². The normalized spacial score (nSPS) is 22.1. The van der Waals surface area contributed by atoms with E-state index in [1.165, 1.54) is 18.6 Å². The summed E-state index contributed by atoms with van der Waals surface area (Å²) in [5.41, 5.74) is 0.261. The second kappa shape index (κ2) is 8.12. The molecule has 2 rings (SSSR count). The molecule has 1 N–H and O–H groups in total. The van der Waals surface area contributed by atoms with Gasteiger partial charge in [0.1, 0.15) is 16.1 Å². The Labute approximate surface area is 143 Å². The molecule has 7 nitrogen and oxygen atoms in total. The lowest BCUT2D eigenvalue weighted by molar-refractivity contribution is 0.0916. The lowest BCUT2D eigenvalue weighted by Gasteiger charge is -2.22. The molecule has 2 heterocycles. The van der Waals surface area contributed by atoms with E-state index in [-0.39, 0.29) is 41.7 Å². The first-order valence-electron chi connectivity index (χ1n) is 7.37. The van der Waals surface area contributed by atoms with Crippen molar-refractivity contribution in [3.63, 3.8) is 0 Å². The molecule has 0 saturated carbocycles. The average molecular weight is 366 g/mol. The number of carbonyl (C=O) groups is 1. The van der Waals surface area contributed by atoms with E-state index in [1.807, 2.05) is 0 Å². The smallest absolute Gasteiger partial charge is 0.273 e. The fourth-order valence-corrected chi connectivity index (χ4v) is 3.38. The van der Waals surface area contributed by atoms with Crippen molar-refractivity contribution in [1.82, 2.24) is 15.4 Å². The molecule has 1 fully saturated rings. The molecule has 0 unspecified atom stereocenters. The van der Waals surface area contributed by atoms with Crippen LogP contribution in [0.5, 0.6) is 0 Å². The van der Waals surface area contributed by atoms with Crippen LogP contribution in [-0.4, -0.2) is 62.1 Å². The largest absolute Gasteiger partial charge is 0.364 e. The summed E-state index contributed by atoms with van der Waals surface area (Å²) in [5, 5.41) is 6.62. The molecule has 2 atom stereocenters. The highest BCUT2D eigenvalue weighted by Gasteiger charge is 2.36. The Bertz CT molecular complexity index is 604. The molecule has 132 valence electrons. The number of sulfone groups is 1. The molecule has 1 aromatic rings. The molecular weight excluding hydrogens is 342 g/mol. The standard InChI is InChI=1S/C14H23N3O4S.ClH/c1-10(2)11-8-17(5-7-22(3,19)20)9-13(11)15-14(18)12-4-6-21-16-12;/h4,6,10-11,13H,5,7-9H2,1-3H3,(H,15,18);1H/t11-,13+;/m1./s1. The molecule has 23 heavy (non-hydrogen) atoms. The average Bonchev–Trinajstić information content (AvgIpc) is 3.04. The Morgan fingerprint density at radius 3 is 2.70 bits per heavy atom. The Morgan fingerprint density at radius 1 is 1.48 bits per heavy atom. The summed E-state index contributed by atoms with van der Waals surface area (Å²) in [7, 11) is -2.98. The number of aromatic nitrogens is 1. The van der Waals surface area contributed by atoms with Crippen molar-refractivity contribution in [1.29, 1.82) is 0 Å². The van der Waals surface area contributed by atoms with Crippen molar-refractivity contribution in [3.05, 3.63) is 18.0 Å². The van der Waals surface area contributed by atoms with Gasteiger partial charge in [0.2, 0.25) is 0 Å². The van der Waals surface area contributed by atoms with Crippen LogP contribution in [-0.2, 0) is 9.84 Å². The topological polar surface area (TPSA) is 92.5 Å². The number of likely N-dealkylation sites (tertiary alicyclic amines) is 1. The van der Waals surface area contributed by atoms with Gasteiger partial charge in [-0.05, 0) is 11.8 Å². The Hall–Kier alpha value is -1.12. The molecular formula is C14H24ClN3O4S. The van der Waals surface area contributed by atoms with E-state index in [9.17, 15) is 13.2 Å². The molecule has 1 amide bonds. The predicted octanol–water partition coefficient (Wildman–Crippen LogP) is 0.827. The number of carbonyl (C=O) groups excluding carboxylic acids is 1. The summed E-state index contributed by atoms with van der Waals surface area (Å²) in [6, 6.07) is 1.51. The summed E-state index contributed by atoms with van der Waals surface area (Å²) >= 11 is 0. The van der Waals surface area contributed by atoms with Crippen LogP contribution in [0.15, 0.2) is 16.9 Å². The van der Waals surface area contributed by atoms with Crippen LogP contribution in [0.1, 0.15) is 24.3 Å². The van der Waals surface area contributed by atoms with Crippen molar-refractivity contribution < 1.29 is 17.7 Å². The van der Waals surface area contributed by atoms with E-state index in [0.717, 1.165) is 6.54 Å². The molecule has 9 heteroatoms. The quantitative estimate of drug-likeness (QED) is 0.802. The third-order valence-corrected chi connectivity index (χ3v) is 4.99. The highest BCUT2D eigenvalue weighted by molar-refractivity contribution is 7.90. The number of nitrogens with zero attached hydrogens (tertiary/aromatic N) is 2. The van der Waals surface area contributed by atoms with Gasteiger partial charge in [-0.1, -0.05) is 19.0 Å². The molecule has 1 aromatic heterocycles. The lowest BCUT2D eigenvalue weighted by atomic mass is 9.91. The maximum atomic E-state index is 12.1. The second-order valence-electron chi connectivity index (χ2n) is 6.26. The summed E-state index contributed by atoms with van der Waals surface area (Å²) in [6.07, 6.45) is 2.61. The maximum Gasteiger partial charge on any atom is 0.273 e. The number of hydrogen-bond donors (Lipinski definition) is 1. The molecule has 0 aliphatic carbocycles. The maximum absolute atomic E-state index is 12.1. The van der Waals surface area contributed by atoms with Crippen LogP contribution in [0.4, 0.5) is 0 Å². The summed E-state index contributed by atoms with van der Waals surface area (Å²) in [5.74, 6) is 0.567. The summed E-state index contributed by atoms with van der Waals surface area (Å²) in [4.78, 5) is 14.2. The van der Waals surface area contributed by atoms with Crippen LogP contribution in [0.25, 0.3) is 0 Å². The minimum atomic E-state index is -2.98. The van der Waals surface area contributed by atoms with Crippen LogP contribution < -0.4 is 5.32 Å². The first kappa shape index (κ1) is 19.9. The van der Waals surface area contributed by atoms with Gasteiger partial charge in [0, 0.05) is 38.0 Å². The SMILES string of the molecule is CC(C)[C@H]1CN(CCS(C)(=O)=O)C[C@@H]1NC(=O)c1ccon1.Cl. The van der Waals surface area contributed by atoms with Crippen LogP contribution in [0, 0.1) is 11.8 Å². The van der Waals surface area contributed by atoms with E-state index in [1.54, 1.807) is 0 Å². The Morgan fingerprint density at radius 2 is 2.17 bits per heavy atom. The van der Waals surface area contributed by atoms with E-state index >= 15 is 0 Å². The third kappa shape index (κ3) is 5.78. The zero-order valence-corrected chi connectivity index (χ0v) is 15.2. The van der Waals surface area contributed by atoms with Gasteiger partial charge in [-0.2, -0.15) is 0 Å². The van der Waals surface area contributed by atoms with Crippen molar-refractivity contribution in [2.45, 2.75) is 19.9 Å². The number of nitrogens with one attached hydrogen (secondary N) is 1. The highest BCUT2D eigenvalue weighted by Crippen LogP contribution is 2.24. The van der Waals surface area contributed by atoms with Gasteiger partial charge in [-0.25, -0.2) is 8.42 Å². The van der Waals surface area contributed by atoms with Gasteiger partial charge in [0.05, 0.1) is 5.75 Å². The van der Waals surface area contributed by atoms with Gasteiger partial charge in [-0.15, -0.1) is 12.4 Å². The monoisotopic (exact) mass is 365 g/mol. The first-order chi connectivity index (χ1) is 10.3.